The highest BCUT2D eigenvalue weighted by Crippen LogP contribution is 2.41. The lowest BCUT2D eigenvalue weighted by molar-refractivity contribution is -0.159. The molecular weight excluding hydrogens is 462 g/mol. The number of carbonyl (C=O) groups is 3. The standard InChI is InChI=1S/C32H61NO4/c1-7-9-10-11-12-13-14-15-16-17-18-19-20-21-22-23-24-37-30(36)32(6,25-28(8-2)29(33)35)26-31(4,5)27(3)34/h28H,7-26H2,1-6H3,(H2,33,35). The molecule has 5 nitrogen and oxygen atoms in total. The summed E-state index contributed by atoms with van der Waals surface area (Å²) in [5.41, 5.74) is 3.98. The summed E-state index contributed by atoms with van der Waals surface area (Å²) in [5, 5.41) is 0. The molecule has 218 valence electrons. The summed E-state index contributed by atoms with van der Waals surface area (Å²) in [7, 11) is 0. The summed E-state index contributed by atoms with van der Waals surface area (Å²) in [4.78, 5) is 37.1. The molecule has 0 aromatic heterocycles. The largest absolute Gasteiger partial charge is 0.465 e. The van der Waals surface area contributed by atoms with Crippen LogP contribution in [0.25, 0.3) is 0 Å². The van der Waals surface area contributed by atoms with E-state index in [-0.39, 0.29) is 11.8 Å². The summed E-state index contributed by atoms with van der Waals surface area (Å²) >= 11 is 0. The molecule has 0 aromatic carbocycles. The highest BCUT2D eigenvalue weighted by Gasteiger charge is 2.43. The molecule has 0 bridgehead atoms. The van der Waals surface area contributed by atoms with Crippen LogP contribution in [-0.4, -0.2) is 24.3 Å². The van der Waals surface area contributed by atoms with Crippen LogP contribution in [0, 0.1) is 16.7 Å². The Balaban J connectivity index is 4.13. The number of ketones is 1. The summed E-state index contributed by atoms with van der Waals surface area (Å²) in [5.74, 6) is -1.10. The van der Waals surface area contributed by atoms with Crippen molar-refractivity contribution in [1.29, 1.82) is 0 Å². The van der Waals surface area contributed by atoms with E-state index in [1.165, 1.54) is 89.9 Å². The molecule has 0 aliphatic rings. The van der Waals surface area contributed by atoms with E-state index in [0.717, 1.165) is 12.8 Å². The van der Waals surface area contributed by atoms with Crippen molar-refractivity contribution in [2.24, 2.45) is 22.5 Å². The zero-order valence-corrected chi connectivity index (χ0v) is 25.4. The topological polar surface area (TPSA) is 86.5 Å². The fraction of sp³-hybridized carbons (Fsp3) is 0.906. The molecule has 37 heavy (non-hydrogen) atoms. The molecule has 1 amide bonds. The molecule has 0 radical (unpaired) electrons. The Kier molecular flexibility index (Phi) is 19.8. The summed E-state index contributed by atoms with van der Waals surface area (Å²) < 4.78 is 5.67. The number of primary amides is 1. The lowest BCUT2D eigenvalue weighted by Crippen LogP contribution is -2.41. The van der Waals surface area contributed by atoms with Crippen molar-refractivity contribution < 1.29 is 19.1 Å². The van der Waals surface area contributed by atoms with Gasteiger partial charge in [0, 0.05) is 11.3 Å². The predicted molar refractivity (Wildman–Crippen MR) is 155 cm³/mol. The Morgan fingerprint density at radius 2 is 1.11 bits per heavy atom. The third-order valence-electron chi connectivity index (χ3n) is 8.10. The number of nitrogens with two attached hydrogens (primary N) is 1. The number of ether oxygens (including phenoxy) is 1. The van der Waals surface area contributed by atoms with E-state index in [0.29, 0.717) is 25.9 Å². The van der Waals surface area contributed by atoms with Gasteiger partial charge in [0.05, 0.1) is 12.0 Å². The zero-order valence-electron chi connectivity index (χ0n) is 25.4. The highest BCUT2D eigenvalue weighted by molar-refractivity contribution is 5.84. The highest BCUT2D eigenvalue weighted by atomic mass is 16.5. The van der Waals surface area contributed by atoms with E-state index < -0.39 is 22.7 Å². The van der Waals surface area contributed by atoms with Gasteiger partial charge in [-0.25, -0.2) is 0 Å². The van der Waals surface area contributed by atoms with Crippen molar-refractivity contribution in [2.45, 2.75) is 164 Å². The van der Waals surface area contributed by atoms with Crippen molar-refractivity contribution in [3.63, 3.8) is 0 Å². The smallest absolute Gasteiger partial charge is 0.311 e. The monoisotopic (exact) mass is 523 g/mol. The van der Waals surface area contributed by atoms with Crippen LogP contribution in [0.5, 0.6) is 0 Å². The molecular formula is C32H61NO4. The van der Waals surface area contributed by atoms with Gasteiger partial charge in [0.15, 0.2) is 0 Å². The molecule has 2 unspecified atom stereocenters. The van der Waals surface area contributed by atoms with Crippen LogP contribution in [0.3, 0.4) is 0 Å². The minimum Gasteiger partial charge on any atom is -0.465 e. The minimum absolute atomic E-state index is 0.0245. The van der Waals surface area contributed by atoms with Gasteiger partial charge in [-0.2, -0.15) is 0 Å². The van der Waals surface area contributed by atoms with Crippen molar-refractivity contribution in [2.75, 3.05) is 6.61 Å². The molecule has 0 aliphatic carbocycles. The fourth-order valence-electron chi connectivity index (χ4n) is 5.31. The first kappa shape index (κ1) is 35.6. The second-order valence-electron chi connectivity index (χ2n) is 12.3. The molecule has 2 N–H and O–H groups in total. The van der Waals surface area contributed by atoms with Crippen LogP contribution in [0.15, 0.2) is 0 Å². The number of Topliss-reactive ketones (excluding diaryl/α,β-unsaturated/α-hetero) is 1. The number of carbonyl (C=O) groups excluding carboxylic acids is 3. The Morgan fingerprint density at radius 3 is 1.46 bits per heavy atom. The molecule has 0 aromatic rings. The van der Waals surface area contributed by atoms with Gasteiger partial charge in [0.25, 0.3) is 0 Å². The second kappa shape index (κ2) is 20.6. The van der Waals surface area contributed by atoms with Gasteiger partial charge in [-0.15, -0.1) is 0 Å². The zero-order chi connectivity index (χ0) is 28.2. The van der Waals surface area contributed by atoms with E-state index in [4.69, 9.17) is 10.5 Å². The molecule has 5 heteroatoms. The van der Waals surface area contributed by atoms with Crippen LogP contribution < -0.4 is 5.73 Å². The summed E-state index contributed by atoms with van der Waals surface area (Å²) in [6, 6.07) is 0. The van der Waals surface area contributed by atoms with E-state index in [2.05, 4.69) is 6.92 Å². The van der Waals surface area contributed by atoms with Crippen LogP contribution >= 0.6 is 0 Å². The molecule has 0 heterocycles. The first-order valence-electron chi connectivity index (χ1n) is 15.5. The van der Waals surface area contributed by atoms with Crippen molar-refractivity contribution in [3.8, 4) is 0 Å². The SMILES string of the molecule is CCCCCCCCCCCCCCCCCCOC(=O)C(C)(CC(CC)C(N)=O)CC(C)(C)C(C)=O. The fourth-order valence-corrected chi connectivity index (χ4v) is 5.31. The Hall–Kier alpha value is -1.39. The lowest BCUT2D eigenvalue weighted by Gasteiger charge is -2.36. The molecule has 0 saturated carbocycles. The normalized spacial score (nSPS) is 14.2. The Bertz CT molecular complexity index is 630. The maximum Gasteiger partial charge on any atom is 0.311 e. The lowest BCUT2D eigenvalue weighted by atomic mass is 9.68. The first-order chi connectivity index (χ1) is 17.5. The van der Waals surface area contributed by atoms with Crippen LogP contribution in [-0.2, 0) is 19.1 Å². The molecule has 2 atom stereocenters. The van der Waals surface area contributed by atoms with Crippen molar-refractivity contribution in [1.82, 2.24) is 0 Å². The third-order valence-corrected chi connectivity index (χ3v) is 8.10. The first-order valence-corrected chi connectivity index (χ1v) is 15.5. The van der Waals surface area contributed by atoms with Crippen LogP contribution in [0.1, 0.15) is 164 Å². The maximum atomic E-state index is 13.1. The van der Waals surface area contributed by atoms with Gasteiger partial charge >= 0.3 is 5.97 Å². The Morgan fingerprint density at radius 1 is 0.703 bits per heavy atom. The van der Waals surface area contributed by atoms with Crippen LogP contribution in [0.4, 0.5) is 0 Å². The number of esters is 1. The number of unbranched alkanes of at least 4 members (excludes halogenated alkanes) is 15. The second-order valence-corrected chi connectivity index (χ2v) is 12.3. The quantitative estimate of drug-likeness (QED) is 0.0957. The number of amides is 1. The van der Waals surface area contributed by atoms with E-state index >= 15 is 0 Å². The Labute approximate surface area is 229 Å². The third kappa shape index (κ3) is 16.9. The molecule has 0 fully saturated rings. The van der Waals surface area contributed by atoms with Crippen LogP contribution in [0.2, 0.25) is 0 Å². The van der Waals surface area contributed by atoms with E-state index in [1.54, 1.807) is 6.92 Å². The van der Waals surface area contributed by atoms with Gasteiger partial charge in [-0.05, 0) is 39.5 Å². The number of hydrogen-bond donors (Lipinski definition) is 1. The van der Waals surface area contributed by atoms with Crippen molar-refractivity contribution in [3.05, 3.63) is 0 Å². The predicted octanol–water partition coefficient (Wildman–Crippen LogP) is 8.70. The van der Waals surface area contributed by atoms with E-state index in [9.17, 15) is 14.4 Å². The molecule has 0 rings (SSSR count). The van der Waals surface area contributed by atoms with Gasteiger partial charge in [-0.3, -0.25) is 14.4 Å². The maximum absolute atomic E-state index is 13.1. The summed E-state index contributed by atoms with van der Waals surface area (Å²) in [6.07, 6.45) is 22.0. The number of rotatable bonds is 25. The van der Waals surface area contributed by atoms with Gasteiger partial charge < -0.3 is 10.5 Å². The summed E-state index contributed by atoms with van der Waals surface area (Å²) in [6.45, 7) is 11.6. The van der Waals surface area contributed by atoms with E-state index in [1.807, 2.05) is 27.7 Å². The minimum atomic E-state index is -0.917. The molecule has 0 aliphatic heterocycles. The van der Waals surface area contributed by atoms with Gasteiger partial charge in [0.1, 0.15) is 5.78 Å². The van der Waals surface area contributed by atoms with Crippen molar-refractivity contribution >= 4 is 17.7 Å². The van der Waals surface area contributed by atoms with Gasteiger partial charge in [-0.1, -0.05) is 124 Å². The molecule has 0 saturated heterocycles. The number of hydrogen-bond acceptors (Lipinski definition) is 4. The average molecular weight is 524 g/mol. The average Bonchev–Trinajstić information content (AvgIpc) is 2.83. The van der Waals surface area contributed by atoms with Gasteiger partial charge in [0.2, 0.25) is 5.91 Å². The molecule has 0 spiro atoms.